The van der Waals surface area contributed by atoms with E-state index < -0.39 is 0 Å². The van der Waals surface area contributed by atoms with Crippen molar-refractivity contribution in [1.29, 1.82) is 0 Å². The molecule has 0 radical (unpaired) electrons. The van der Waals surface area contributed by atoms with Crippen LogP contribution in [0.3, 0.4) is 0 Å². The molecular weight excluding hydrogens is 188 g/mol. The Bertz CT molecular complexity index is 506. The number of nitrogens with zero attached hydrogens (tertiary/aromatic N) is 2. The molecule has 0 aliphatic heterocycles. The lowest BCUT2D eigenvalue weighted by Gasteiger charge is -2.16. The van der Waals surface area contributed by atoms with E-state index in [-0.39, 0.29) is 0 Å². The van der Waals surface area contributed by atoms with Gasteiger partial charge in [-0.15, -0.1) is 0 Å². The van der Waals surface area contributed by atoms with Gasteiger partial charge in [-0.05, 0) is 17.5 Å². The van der Waals surface area contributed by atoms with Gasteiger partial charge in [0.05, 0.1) is 0 Å². The summed E-state index contributed by atoms with van der Waals surface area (Å²) in [4.78, 5) is 17.1. The summed E-state index contributed by atoms with van der Waals surface area (Å²) in [6, 6.07) is 5.78. The van der Waals surface area contributed by atoms with Crippen molar-refractivity contribution in [2.45, 2.75) is 0 Å². The molecule has 1 heterocycles. The van der Waals surface area contributed by atoms with Crippen LogP contribution in [-0.4, -0.2) is 25.4 Å². The third-order valence-corrected chi connectivity index (χ3v) is 2.44. The largest absolute Gasteiger partial charge is 0.377 e. The monoisotopic (exact) mass is 200 g/mol. The number of carbonyl (C=O) groups excluding carboxylic acids is 1. The number of fused-ring (bicyclic) bond motifs is 1. The number of pyridine rings is 1. The third-order valence-electron chi connectivity index (χ3n) is 2.44. The maximum absolute atomic E-state index is 11.1. The van der Waals surface area contributed by atoms with Gasteiger partial charge in [-0.25, -0.2) is 0 Å². The van der Waals surface area contributed by atoms with Crippen molar-refractivity contribution in [3.05, 3.63) is 36.2 Å². The summed E-state index contributed by atoms with van der Waals surface area (Å²) in [5, 5.41) is 1.94. The van der Waals surface area contributed by atoms with Crippen molar-refractivity contribution < 1.29 is 4.79 Å². The highest BCUT2D eigenvalue weighted by molar-refractivity contribution is 6.03. The molecule has 0 unspecified atom stereocenters. The van der Waals surface area contributed by atoms with Gasteiger partial charge >= 0.3 is 0 Å². The highest BCUT2D eigenvalue weighted by atomic mass is 16.1. The molecule has 0 saturated carbocycles. The van der Waals surface area contributed by atoms with E-state index in [1.807, 2.05) is 37.2 Å². The normalized spacial score (nSPS) is 10.3. The molecule has 0 saturated heterocycles. The predicted octanol–water partition coefficient (Wildman–Crippen LogP) is 2.11. The molecule has 3 nitrogen and oxygen atoms in total. The minimum Gasteiger partial charge on any atom is -0.377 e. The Kier molecular flexibility index (Phi) is 2.37. The molecule has 0 fully saturated rings. The van der Waals surface area contributed by atoms with Crippen LogP contribution in [0.25, 0.3) is 10.8 Å². The average molecular weight is 200 g/mol. The Balaban J connectivity index is 2.81. The SMILES string of the molecule is CN(C)c1ccc2cnccc2c1C=O. The van der Waals surface area contributed by atoms with Crippen LogP contribution in [0.5, 0.6) is 0 Å². The summed E-state index contributed by atoms with van der Waals surface area (Å²) >= 11 is 0. The molecule has 0 amide bonds. The van der Waals surface area contributed by atoms with Crippen LogP contribution in [0.2, 0.25) is 0 Å². The van der Waals surface area contributed by atoms with Gasteiger partial charge < -0.3 is 4.90 Å². The molecule has 0 aliphatic carbocycles. The molecule has 2 aromatic rings. The molecule has 0 N–H and O–H groups in total. The first-order valence-corrected chi connectivity index (χ1v) is 4.73. The van der Waals surface area contributed by atoms with Crippen molar-refractivity contribution in [1.82, 2.24) is 4.98 Å². The summed E-state index contributed by atoms with van der Waals surface area (Å²) < 4.78 is 0. The summed E-state index contributed by atoms with van der Waals surface area (Å²) in [5.74, 6) is 0. The Hall–Kier alpha value is -1.90. The number of carbonyl (C=O) groups is 1. The topological polar surface area (TPSA) is 33.2 Å². The van der Waals surface area contributed by atoms with Gasteiger partial charge in [-0.3, -0.25) is 9.78 Å². The number of rotatable bonds is 2. The maximum atomic E-state index is 11.1. The van der Waals surface area contributed by atoms with Crippen LogP contribution in [0.4, 0.5) is 5.69 Å². The summed E-state index contributed by atoms with van der Waals surface area (Å²) in [7, 11) is 3.85. The van der Waals surface area contributed by atoms with Crippen molar-refractivity contribution >= 4 is 22.7 Å². The van der Waals surface area contributed by atoms with E-state index >= 15 is 0 Å². The first-order chi connectivity index (χ1) is 7.24. The molecule has 3 heteroatoms. The van der Waals surface area contributed by atoms with Crippen molar-refractivity contribution in [2.75, 3.05) is 19.0 Å². The maximum Gasteiger partial charge on any atom is 0.152 e. The van der Waals surface area contributed by atoms with Crippen LogP contribution in [-0.2, 0) is 0 Å². The lowest BCUT2D eigenvalue weighted by atomic mass is 10.1. The van der Waals surface area contributed by atoms with Crippen LogP contribution in [0.15, 0.2) is 30.6 Å². The van der Waals surface area contributed by atoms with Gasteiger partial charge in [-0.2, -0.15) is 0 Å². The minimum absolute atomic E-state index is 0.722. The highest BCUT2D eigenvalue weighted by Gasteiger charge is 2.07. The number of hydrogen-bond donors (Lipinski definition) is 0. The zero-order chi connectivity index (χ0) is 10.8. The number of benzene rings is 1. The van der Waals surface area contributed by atoms with Crippen LogP contribution in [0.1, 0.15) is 10.4 Å². The fraction of sp³-hybridized carbons (Fsp3) is 0.167. The Morgan fingerprint density at radius 2 is 2.07 bits per heavy atom. The van der Waals surface area contributed by atoms with Gasteiger partial charge in [0, 0.05) is 43.1 Å². The van der Waals surface area contributed by atoms with Gasteiger partial charge in [0.25, 0.3) is 0 Å². The second-order valence-corrected chi connectivity index (χ2v) is 3.61. The smallest absolute Gasteiger partial charge is 0.152 e. The zero-order valence-electron chi connectivity index (χ0n) is 8.77. The van der Waals surface area contributed by atoms with E-state index in [9.17, 15) is 4.79 Å². The summed E-state index contributed by atoms with van der Waals surface area (Å²) in [5.41, 5.74) is 1.66. The fourth-order valence-corrected chi connectivity index (χ4v) is 1.70. The summed E-state index contributed by atoms with van der Waals surface area (Å²) in [6.07, 6.45) is 4.37. The molecule has 2 rings (SSSR count). The average Bonchev–Trinajstić information content (AvgIpc) is 2.27. The lowest BCUT2D eigenvalue weighted by molar-refractivity contribution is 0.112. The van der Waals surface area contributed by atoms with Crippen molar-refractivity contribution in [3.8, 4) is 0 Å². The first kappa shape index (κ1) is 9.65. The van der Waals surface area contributed by atoms with Gasteiger partial charge in [0.2, 0.25) is 0 Å². The van der Waals surface area contributed by atoms with Crippen LogP contribution in [0, 0.1) is 0 Å². The van der Waals surface area contributed by atoms with Gasteiger partial charge in [0.15, 0.2) is 6.29 Å². The molecule has 0 aliphatic rings. The number of aromatic nitrogens is 1. The molecule has 15 heavy (non-hydrogen) atoms. The number of anilines is 1. The minimum atomic E-state index is 0.722. The van der Waals surface area contributed by atoms with E-state index in [0.717, 1.165) is 28.3 Å². The van der Waals surface area contributed by atoms with Crippen LogP contribution >= 0.6 is 0 Å². The molecule has 1 aromatic heterocycles. The Labute approximate surface area is 88.3 Å². The second-order valence-electron chi connectivity index (χ2n) is 3.61. The second kappa shape index (κ2) is 3.69. The zero-order valence-corrected chi connectivity index (χ0v) is 8.77. The molecule has 0 atom stereocenters. The standard InChI is InChI=1S/C12H12N2O/c1-14(2)12-4-3-9-7-13-6-5-10(9)11(12)8-15/h3-8H,1-2H3. The first-order valence-electron chi connectivity index (χ1n) is 4.73. The Morgan fingerprint density at radius 3 is 2.73 bits per heavy atom. The molecule has 1 aromatic carbocycles. The van der Waals surface area contributed by atoms with Gasteiger partial charge in [-0.1, -0.05) is 6.07 Å². The van der Waals surface area contributed by atoms with Crippen molar-refractivity contribution in [2.24, 2.45) is 0 Å². The molecule has 0 spiro atoms. The lowest BCUT2D eigenvalue weighted by Crippen LogP contribution is -2.11. The number of hydrogen-bond acceptors (Lipinski definition) is 3. The van der Waals surface area contributed by atoms with E-state index in [1.54, 1.807) is 12.4 Å². The molecular formula is C12H12N2O. The van der Waals surface area contributed by atoms with Crippen molar-refractivity contribution in [3.63, 3.8) is 0 Å². The van der Waals surface area contributed by atoms with E-state index in [0.29, 0.717) is 0 Å². The molecule has 0 bridgehead atoms. The quantitative estimate of drug-likeness (QED) is 0.696. The van der Waals surface area contributed by atoms with Crippen LogP contribution < -0.4 is 4.90 Å². The third kappa shape index (κ3) is 1.56. The molecule has 76 valence electrons. The Morgan fingerprint density at radius 1 is 1.27 bits per heavy atom. The fourth-order valence-electron chi connectivity index (χ4n) is 1.70. The predicted molar refractivity (Wildman–Crippen MR) is 61.5 cm³/mol. The van der Waals surface area contributed by atoms with Gasteiger partial charge in [0.1, 0.15) is 0 Å². The number of aldehydes is 1. The van der Waals surface area contributed by atoms with E-state index in [2.05, 4.69) is 4.98 Å². The van der Waals surface area contributed by atoms with E-state index in [1.165, 1.54) is 0 Å². The highest BCUT2D eigenvalue weighted by Crippen LogP contribution is 2.25. The van der Waals surface area contributed by atoms with E-state index in [4.69, 9.17) is 0 Å². The summed E-state index contributed by atoms with van der Waals surface area (Å²) in [6.45, 7) is 0.